The molecule has 6 N–H and O–H groups in total. The highest BCUT2D eigenvalue weighted by Crippen LogP contribution is 2.31. The zero-order chi connectivity index (χ0) is 16.3. The van der Waals surface area contributed by atoms with E-state index in [2.05, 4.69) is 9.98 Å². The molecule has 0 bridgehead atoms. The Labute approximate surface area is 133 Å². The number of ether oxygens (including phenoxy) is 1. The summed E-state index contributed by atoms with van der Waals surface area (Å²) in [4.78, 5) is 8.39. The zero-order valence-electron chi connectivity index (χ0n) is 12.3. The van der Waals surface area contributed by atoms with Gasteiger partial charge in [0.25, 0.3) is 0 Å². The molecule has 0 fully saturated rings. The second-order valence-electron chi connectivity index (χ2n) is 4.68. The summed E-state index contributed by atoms with van der Waals surface area (Å²) >= 11 is 6.22. The molecule has 2 rings (SSSR count). The van der Waals surface area contributed by atoms with Crippen molar-refractivity contribution in [3.63, 3.8) is 0 Å². The van der Waals surface area contributed by atoms with Crippen LogP contribution < -0.4 is 21.6 Å². The van der Waals surface area contributed by atoms with Crippen LogP contribution in [0.2, 0.25) is 5.15 Å². The van der Waals surface area contributed by atoms with Gasteiger partial charge in [-0.15, -0.1) is 0 Å². The van der Waals surface area contributed by atoms with Gasteiger partial charge in [0.05, 0.1) is 12.7 Å². The number of hydrogen-bond donors (Lipinski definition) is 3. The number of allylic oxidation sites excluding steroid dienone is 1. The lowest BCUT2D eigenvalue weighted by Gasteiger charge is -2.07. The number of pyridine rings is 1. The van der Waals surface area contributed by atoms with Crippen LogP contribution in [0.4, 0.5) is 5.82 Å². The van der Waals surface area contributed by atoms with Crippen LogP contribution in [0.15, 0.2) is 35.0 Å². The van der Waals surface area contributed by atoms with Crippen molar-refractivity contribution in [2.24, 2.45) is 16.5 Å². The van der Waals surface area contributed by atoms with Crippen LogP contribution in [0.5, 0.6) is 5.75 Å². The van der Waals surface area contributed by atoms with Crippen molar-refractivity contribution in [3.8, 4) is 5.75 Å². The molecule has 0 aliphatic carbocycles. The molecule has 22 heavy (non-hydrogen) atoms. The third-order valence-corrected chi connectivity index (χ3v) is 3.21. The van der Waals surface area contributed by atoms with Crippen LogP contribution in [0.3, 0.4) is 0 Å². The van der Waals surface area contributed by atoms with Crippen molar-refractivity contribution in [2.75, 3.05) is 7.11 Å². The van der Waals surface area contributed by atoms with Crippen LogP contribution in [-0.2, 0) is 0 Å². The largest absolute Gasteiger partial charge is 0.496 e. The first-order valence-corrected chi connectivity index (χ1v) is 6.83. The summed E-state index contributed by atoms with van der Waals surface area (Å²) in [6.45, 7) is 1.72. The van der Waals surface area contributed by atoms with E-state index >= 15 is 0 Å². The molecule has 0 radical (unpaired) electrons. The highest BCUT2D eigenvalue weighted by atomic mass is 35.5. The molecule has 2 aromatic rings. The Hall–Kier alpha value is -2.60. The zero-order valence-corrected chi connectivity index (χ0v) is 13.1. The molecule has 0 aliphatic rings. The molecule has 1 heterocycles. The standard InChI is InChI=1S/C15H16ClN5O/c1-8(18)3-13(19)20-14-6-9-5-12(22-2)10(7-17)4-11(9)15(16)21-14/h3-7,17H,18H2,1-2H3,(H2,19,20,21)/p+1. The van der Waals surface area contributed by atoms with Gasteiger partial charge >= 0.3 is 0 Å². The summed E-state index contributed by atoms with van der Waals surface area (Å²) in [5.41, 5.74) is 12.6. The maximum absolute atomic E-state index is 6.22. The predicted octanol–water partition coefficient (Wildman–Crippen LogP) is 0.926. The molecule has 6 nitrogen and oxygen atoms in total. The Morgan fingerprint density at radius 2 is 2.09 bits per heavy atom. The molecule has 7 heteroatoms. The van der Waals surface area contributed by atoms with Gasteiger partial charge in [0.1, 0.15) is 16.7 Å². The molecule has 0 atom stereocenters. The summed E-state index contributed by atoms with van der Waals surface area (Å²) in [7, 11) is 1.57. The number of nitrogens with two attached hydrogens (primary N) is 3. The monoisotopic (exact) mass is 318 g/mol. The maximum atomic E-state index is 6.22. The quantitative estimate of drug-likeness (QED) is 0.442. The van der Waals surface area contributed by atoms with Gasteiger partial charge in [-0.2, -0.15) is 0 Å². The Kier molecular flexibility index (Phi) is 4.62. The van der Waals surface area contributed by atoms with Gasteiger partial charge in [-0.3, -0.25) is 5.41 Å². The molecular weight excluding hydrogens is 302 g/mol. The number of aromatic nitrogens is 1. The molecule has 114 valence electrons. The van der Waals surface area contributed by atoms with E-state index in [1.807, 2.05) is 12.1 Å². The number of aliphatic imine (C=N–C) groups is 1. The smallest absolute Gasteiger partial charge is 0.171 e. The second-order valence-corrected chi connectivity index (χ2v) is 5.04. The van der Waals surface area contributed by atoms with Gasteiger partial charge in [0.2, 0.25) is 0 Å². The van der Waals surface area contributed by atoms with E-state index in [-0.39, 0.29) is 5.84 Å². The van der Waals surface area contributed by atoms with Crippen molar-refractivity contribution >= 4 is 40.2 Å². The maximum Gasteiger partial charge on any atom is 0.171 e. The van der Waals surface area contributed by atoms with E-state index in [1.165, 1.54) is 6.21 Å². The lowest BCUT2D eigenvalue weighted by Crippen LogP contribution is -2.30. The minimum atomic E-state index is 0.252. The fraction of sp³-hybridized carbons (Fsp3) is 0.133. The molecule has 0 spiro atoms. The molecule has 0 unspecified atom stereocenters. The first kappa shape index (κ1) is 15.8. The normalized spacial score (nSPS) is 12.5. The molecule has 1 aromatic heterocycles. The number of nitrogens with zero attached hydrogens (tertiary/aromatic N) is 2. The third-order valence-electron chi connectivity index (χ3n) is 2.92. The number of hydrogen-bond acceptors (Lipinski definition) is 4. The number of amidine groups is 1. The summed E-state index contributed by atoms with van der Waals surface area (Å²) in [5, 5.41) is 7.47. The fourth-order valence-corrected chi connectivity index (χ4v) is 2.25. The van der Waals surface area contributed by atoms with Crippen molar-refractivity contribution < 1.29 is 10.1 Å². The number of methoxy groups -OCH3 is 1. The molecule has 1 aromatic carbocycles. The highest BCUT2D eigenvalue weighted by molar-refractivity contribution is 6.34. The number of rotatable bonds is 4. The Morgan fingerprint density at radius 1 is 1.36 bits per heavy atom. The van der Waals surface area contributed by atoms with E-state index in [0.717, 1.165) is 16.3 Å². The predicted molar refractivity (Wildman–Crippen MR) is 89.6 cm³/mol. The summed E-state index contributed by atoms with van der Waals surface area (Å²) < 4.78 is 5.30. The number of benzene rings is 1. The molecular formula is C15H17ClN5O+. The van der Waals surface area contributed by atoms with Gasteiger partial charge in [-0.25, -0.2) is 9.98 Å². The Morgan fingerprint density at radius 3 is 2.68 bits per heavy atom. The van der Waals surface area contributed by atoms with E-state index in [1.54, 1.807) is 26.2 Å². The van der Waals surface area contributed by atoms with E-state index < -0.39 is 0 Å². The summed E-state index contributed by atoms with van der Waals surface area (Å²) in [6, 6.07) is 5.39. The van der Waals surface area contributed by atoms with Crippen LogP contribution >= 0.6 is 11.6 Å². The van der Waals surface area contributed by atoms with Crippen LogP contribution in [-0.4, -0.2) is 24.1 Å². The first-order valence-electron chi connectivity index (χ1n) is 6.45. The second kappa shape index (κ2) is 6.44. The topological polar surface area (TPSA) is 112 Å². The van der Waals surface area contributed by atoms with Gasteiger partial charge in [-0.05, 0) is 36.6 Å². The summed E-state index contributed by atoms with van der Waals surface area (Å²) in [6.07, 6.45) is 3.00. The fourth-order valence-electron chi connectivity index (χ4n) is 2.00. The highest BCUT2D eigenvalue weighted by Gasteiger charge is 2.10. The van der Waals surface area contributed by atoms with E-state index in [0.29, 0.717) is 22.4 Å². The van der Waals surface area contributed by atoms with Crippen molar-refractivity contribution in [1.82, 2.24) is 4.98 Å². The molecule has 0 aliphatic heterocycles. The average Bonchev–Trinajstić information content (AvgIpc) is 2.45. The Balaban J connectivity index is 2.62. The SMILES string of the molecule is COc1cc2cc(N=C(N)C=C(C)N)nc(Cl)c2cc1C=[NH2+]. The minimum absolute atomic E-state index is 0.252. The number of halogens is 1. The molecule has 0 saturated heterocycles. The summed E-state index contributed by atoms with van der Waals surface area (Å²) in [5.74, 6) is 1.28. The van der Waals surface area contributed by atoms with Gasteiger partial charge in [0.15, 0.2) is 12.0 Å². The van der Waals surface area contributed by atoms with Gasteiger partial charge in [-0.1, -0.05) is 11.6 Å². The number of fused-ring (bicyclic) bond motifs is 1. The van der Waals surface area contributed by atoms with Crippen molar-refractivity contribution in [2.45, 2.75) is 6.92 Å². The molecule has 0 saturated carbocycles. The van der Waals surface area contributed by atoms with E-state index in [4.69, 9.17) is 33.2 Å². The lowest BCUT2D eigenvalue weighted by atomic mass is 10.1. The van der Waals surface area contributed by atoms with Crippen LogP contribution in [0, 0.1) is 0 Å². The van der Waals surface area contributed by atoms with Crippen molar-refractivity contribution in [3.05, 3.63) is 40.7 Å². The van der Waals surface area contributed by atoms with Crippen LogP contribution in [0.1, 0.15) is 12.5 Å². The van der Waals surface area contributed by atoms with E-state index in [9.17, 15) is 0 Å². The average molecular weight is 319 g/mol. The van der Waals surface area contributed by atoms with Crippen LogP contribution in [0.25, 0.3) is 10.8 Å². The van der Waals surface area contributed by atoms with Gasteiger partial charge in [0, 0.05) is 11.1 Å². The Bertz CT molecular complexity index is 794. The third kappa shape index (κ3) is 3.35. The molecule has 0 amide bonds. The lowest BCUT2D eigenvalue weighted by molar-refractivity contribution is -0.104. The first-order chi connectivity index (χ1) is 10.4. The van der Waals surface area contributed by atoms with Gasteiger partial charge < -0.3 is 16.2 Å². The van der Waals surface area contributed by atoms with Crippen molar-refractivity contribution in [1.29, 1.82) is 0 Å². The minimum Gasteiger partial charge on any atom is -0.496 e.